The van der Waals surface area contributed by atoms with Crippen LogP contribution in [0.1, 0.15) is 29.8 Å². The van der Waals surface area contributed by atoms with Crippen molar-refractivity contribution in [3.63, 3.8) is 0 Å². The number of carboxylic acids is 1. The molecule has 1 aliphatic rings. The summed E-state index contributed by atoms with van der Waals surface area (Å²) in [6, 6.07) is -1.35. The van der Waals surface area contributed by atoms with Crippen LogP contribution in [-0.4, -0.2) is 64.4 Å². The van der Waals surface area contributed by atoms with Gasteiger partial charge in [0.15, 0.2) is 5.13 Å². The highest BCUT2D eigenvalue weighted by Gasteiger charge is 2.30. The van der Waals surface area contributed by atoms with Gasteiger partial charge in [0.1, 0.15) is 6.04 Å². The molecule has 0 spiro atoms. The largest absolute Gasteiger partial charge is 0.480 e. The first-order chi connectivity index (χ1) is 13.2. The first kappa shape index (κ1) is 21.8. The lowest BCUT2D eigenvalue weighted by atomic mass is 9.96. The number of carboxylic acid groups (broad SMARTS) is 1. The van der Waals surface area contributed by atoms with Gasteiger partial charge in [-0.2, -0.15) is 0 Å². The van der Waals surface area contributed by atoms with Crippen LogP contribution in [0.2, 0.25) is 0 Å². The van der Waals surface area contributed by atoms with E-state index >= 15 is 0 Å². The molecule has 1 saturated heterocycles. The van der Waals surface area contributed by atoms with Crippen LogP contribution >= 0.6 is 11.3 Å². The molecule has 0 saturated carbocycles. The normalized spacial score (nSPS) is 18.3. The molecule has 1 aliphatic heterocycles. The maximum Gasteiger partial charge on any atom is 0.326 e. The van der Waals surface area contributed by atoms with Crippen molar-refractivity contribution in [1.29, 1.82) is 0 Å². The van der Waals surface area contributed by atoms with E-state index in [2.05, 4.69) is 15.6 Å². The summed E-state index contributed by atoms with van der Waals surface area (Å²) in [5, 5.41) is 14.8. The lowest BCUT2D eigenvalue weighted by molar-refractivity contribution is -0.144. The Morgan fingerprint density at radius 1 is 1.36 bits per heavy atom. The molecule has 0 aromatic carbocycles. The van der Waals surface area contributed by atoms with Crippen LogP contribution in [0, 0.1) is 19.8 Å². The van der Waals surface area contributed by atoms with Gasteiger partial charge in [-0.25, -0.2) is 9.78 Å². The fourth-order valence-electron chi connectivity index (χ4n) is 2.99. The number of aryl methyl sites for hydroxylation is 2. The van der Waals surface area contributed by atoms with Crippen LogP contribution in [0.4, 0.5) is 5.13 Å². The lowest BCUT2D eigenvalue weighted by Gasteiger charge is -2.31. The quantitative estimate of drug-likeness (QED) is 0.464. The third kappa shape index (κ3) is 6.27. The van der Waals surface area contributed by atoms with Crippen LogP contribution in [0.25, 0.3) is 0 Å². The number of aliphatic carboxylic acids is 1. The average Bonchev–Trinajstić information content (AvgIpc) is 2.91. The number of anilines is 1. The standard InChI is InChI=1S/C17H25N5O5S/c1-9-10(2)28-17(19-9)21-14(24)8-22-5-3-4-11(7-22)15(25)20-12(16(26)27)6-13(18)23/h11-12H,3-8H2,1-2H3,(H2,18,23)(H,20,25)(H,26,27)(H,19,21,24). The van der Waals surface area contributed by atoms with E-state index in [-0.39, 0.29) is 12.5 Å². The molecule has 2 unspecified atom stereocenters. The van der Waals surface area contributed by atoms with Gasteiger partial charge in [-0.05, 0) is 33.2 Å². The summed E-state index contributed by atoms with van der Waals surface area (Å²) in [5.74, 6) is -3.24. The molecule has 0 radical (unpaired) electrons. The molecule has 0 bridgehead atoms. The molecule has 2 rings (SSSR count). The molecule has 28 heavy (non-hydrogen) atoms. The van der Waals surface area contributed by atoms with E-state index in [9.17, 15) is 19.2 Å². The Morgan fingerprint density at radius 2 is 2.07 bits per heavy atom. The van der Waals surface area contributed by atoms with Crippen molar-refractivity contribution in [1.82, 2.24) is 15.2 Å². The van der Waals surface area contributed by atoms with Crippen LogP contribution in [-0.2, 0) is 19.2 Å². The SMILES string of the molecule is Cc1nc(NC(=O)CN2CCCC(C(=O)NC(CC(N)=O)C(=O)O)C2)sc1C. The number of hydrogen-bond acceptors (Lipinski definition) is 7. The molecule has 1 aromatic rings. The fraction of sp³-hybridized carbons (Fsp3) is 0.588. The predicted molar refractivity (Wildman–Crippen MR) is 103 cm³/mol. The summed E-state index contributed by atoms with van der Waals surface area (Å²) in [6.07, 6.45) is 0.818. The number of thiazole rings is 1. The first-order valence-corrected chi connectivity index (χ1v) is 9.75. The number of hydrogen-bond donors (Lipinski definition) is 4. The minimum Gasteiger partial charge on any atom is -0.480 e. The molecule has 154 valence electrons. The zero-order valence-corrected chi connectivity index (χ0v) is 16.7. The smallest absolute Gasteiger partial charge is 0.326 e. The van der Waals surface area contributed by atoms with Gasteiger partial charge in [-0.1, -0.05) is 0 Å². The van der Waals surface area contributed by atoms with Crippen molar-refractivity contribution >= 4 is 40.2 Å². The second kappa shape index (κ2) is 9.60. The molecule has 2 heterocycles. The number of nitrogens with one attached hydrogen (secondary N) is 2. The van der Waals surface area contributed by atoms with E-state index in [1.54, 1.807) is 0 Å². The zero-order chi connectivity index (χ0) is 20.8. The fourth-order valence-corrected chi connectivity index (χ4v) is 3.82. The Kier molecular flexibility index (Phi) is 7.46. The molecule has 11 heteroatoms. The highest BCUT2D eigenvalue weighted by Crippen LogP contribution is 2.21. The summed E-state index contributed by atoms with van der Waals surface area (Å²) in [6.45, 7) is 4.91. The number of carbonyl (C=O) groups excluding carboxylic acids is 3. The van der Waals surface area contributed by atoms with Gasteiger partial charge in [0.25, 0.3) is 0 Å². The maximum atomic E-state index is 12.4. The number of aromatic nitrogens is 1. The summed E-state index contributed by atoms with van der Waals surface area (Å²) in [7, 11) is 0. The van der Waals surface area contributed by atoms with Crippen molar-refractivity contribution in [3.05, 3.63) is 10.6 Å². The zero-order valence-electron chi connectivity index (χ0n) is 15.9. The van der Waals surface area contributed by atoms with Crippen molar-refractivity contribution in [2.75, 3.05) is 25.0 Å². The summed E-state index contributed by atoms with van der Waals surface area (Å²) in [5.41, 5.74) is 5.90. The topological polar surface area (TPSA) is 155 Å². The Hall–Kier alpha value is -2.53. The van der Waals surface area contributed by atoms with Crippen LogP contribution in [0.3, 0.4) is 0 Å². The predicted octanol–water partition coefficient (Wildman–Crippen LogP) is -0.145. The van der Waals surface area contributed by atoms with Crippen molar-refractivity contribution in [3.8, 4) is 0 Å². The van der Waals surface area contributed by atoms with Crippen molar-refractivity contribution < 1.29 is 24.3 Å². The van der Waals surface area contributed by atoms with Crippen molar-refractivity contribution in [2.45, 2.75) is 39.2 Å². The molecule has 1 fully saturated rings. The van der Waals surface area contributed by atoms with Gasteiger partial charge in [0.2, 0.25) is 17.7 Å². The highest BCUT2D eigenvalue weighted by molar-refractivity contribution is 7.15. The van der Waals surface area contributed by atoms with Gasteiger partial charge in [-0.15, -0.1) is 11.3 Å². The highest BCUT2D eigenvalue weighted by atomic mass is 32.1. The van der Waals surface area contributed by atoms with Gasteiger partial charge in [-0.3, -0.25) is 19.3 Å². The van der Waals surface area contributed by atoms with Crippen molar-refractivity contribution in [2.24, 2.45) is 11.7 Å². The second-order valence-corrected chi connectivity index (χ2v) is 8.06. The van der Waals surface area contributed by atoms with Crippen LogP contribution in [0.15, 0.2) is 0 Å². The monoisotopic (exact) mass is 411 g/mol. The molecule has 10 nitrogen and oxygen atoms in total. The van der Waals surface area contributed by atoms with E-state index in [0.717, 1.165) is 10.6 Å². The minimum atomic E-state index is -1.35. The summed E-state index contributed by atoms with van der Waals surface area (Å²) in [4.78, 5) is 53.9. The molecular formula is C17H25N5O5S. The lowest BCUT2D eigenvalue weighted by Crippen LogP contribution is -2.50. The van der Waals surface area contributed by atoms with Gasteiger partial charge < -0.3 is 21.5 Å². The van der Waals surface area contributed by atoms with E-state index < -0.39 is 36.2 Å². The van der Waals surface area contributed by atoms with E-state index in [1.807, 2.05) is 18.7 Å². The summed E-state index contributed by atoms with van der Waals surface area (Å²) >= 11 is 1.41. The molecular weight excluding hydrogens is 386 g/mol. The van der Waals surface area contributed by atoms with Crippen LogP contribution < -0.4 is 16.4 Å². The van der Waals surface area contributed by atoms with Gasteiger partial charge >= 0.3 is 5.97 Å². The number of amides is 3. The number of piperidine rings is 1. The molecule has 5 N–H and O–H groups in total. The minimum absolute atomic E-state index is 0.116. The second-order valence-electron chi connectivity index (χ2n) is 6.85. The molecule has 0 aliphatic carbocycles. The Balaban J connectivity index is 1.88. The van der Waals surface area contributed by atoms with Gasteiger partial charge in [0, 0.05) is 11.4 Å². The number of carbonyl (C=O) groups is 4. The average molecular weight is 411 g/mol. The number of rotatable bonds is 8. The number of nitrogens with zero attached hydrogens (tertiary/aromatic N) is 2. The van der Waals surface area contributed by atoms with E-state index in [4.69, 9.17) is 10.8 Å². The third-order valence-electron chi connectivity index (χ3n) is 4.54. The number of primary amides is 1. The molecule has 1 aromatic heterocycles. The Morgan fingerprint density at radius 3 is 2.64 bits per heavy atom. The summed E-state index contributed by atoms with van der Waals surface area (Å²) < 4.78 is 0. The number of likely N-dealkylation sites (tertiary alicyclic amines) is 1. The molecule has 2 atom stereocenters. The first-order valence-electron chi connectivity index (χ1n) is 8.93. The van der Waals surface area contributed by atoms with Gasteiger partial charge in [0.05, 0.1) is 24.6 Å². The Bertz CT molecular complexity index is 746. The third-order valence-corrected chi connectivity index (χ3v) is 5.53. The molecule has 3 amide bonds. The van der Waals surface area contributed by atoms with E-state index in [0.29, 0.717) is 31.1 Å². The van der Waals surface area contributed by atoms with E-state index in [1.165, 1.54) is 11.3 Å². The van der Waals surface area contributed by atoms with Crippen LogP contribution in [0.5, 0.6) is 0 Å². The Labute approximate surface area is 166 Å². The number of nitrogens with two attached hydrogens (primary N) is 1. The maximum absolute atomic E-state index is 12.4.